The topological polar surface area (TPSA) is 55.2 Å². The highest BCUT2D eigenvalue weighted by Gasteiger charge is 2.19. The molecule has 16 heavy (non-hydrogen) atoms. The first-order valence-corrected chi connectivity index (χ1v) is 5.77. The Balaban J connectivity index is 2.19. The van der Waals surface area contributed by atoms with Crippen LogP contribution in [-0.4, -0.2) is 28.3 Å². The molecule has 1 fully saturated rings. The first kappa shape index (κ1) is 11.5. The Morgan fingerprint density at radius 2 is 2.12 bits per heavy atom. The maximum atomic E-state index is 9.51. The number of hydrogen-bond donors (Lipinski definition) is 1. The van der Waals surface area contributed by atoms with Gasteiger partial charge in [0.05, 0.1) is 6.10 Å². The molecule has 0 radical (unpaired) electrons. The van der Waals surface area contributed by atoms with Crippen molar-refractivity contribution in [1.82, 2.24) is 9.97 Å². The van der Waals surface area contributed by atoms with Crippen molar-refractivity contribution >= 4 is 0 Å². The van der Waals surface area contributed by atoms with Crippen LogP contribution < -0.4 is 0 Å². The molecule has 1 aromatic heterocycles. The second-order valence-corrected chi connectivity index (χ2v) is 4.33. The van der Waals surface area contributed by atoms with E-state index in [1.165, 1.54) is 0 Å². The van der Waals surface area contributed by atoms with Crippen molar-refractivity contribution in [2.75, 3.05) is 13.2 Å². The summed E-state index contributed by atoms with van der Waals surface area (Å²) < 4.78 is 5.32. The van der Waals surface area contributed by atoms with E-state index in [1.54, 1.807) is 13.1 Å². The molecule has 1 atom stereocenters. The standard InChI is InChI=1S/C12H18N2O2/c1-8-11(9(2)15)7-13-12(14-8)10-3-5-16-6-4-10/h7,9-10,15H,3-6H2,1-2H3. The van der Waals surface area contributed by atoms with E-state index in [4.69, 9.17) is 4.74 Å². The number of rotatable bonds is 2. The van der Waals surface area contributed by atoms with Crippen molar-refractivity contribution < 1.29 is 9.84 Å². The van der Waals surface area contributed by atoms with Crippen LogP contribution in [0.4, 0.5) is 0 Å². The fraction of sp³-hybridized carbons (Fsp3) is 0.667. The van der Waals surface area contributed by atoms with Crippen molar-refractivity contribution in [3.8, 4) is 0 Å². The number of aliphatic hydroxyl groups excluding tert-OH is 1. The molecule has 0 aliphatic carbocycles. The molecule has 1 aromatic rings. The molecule has 2 heterocycles. The molecule has 4 heteroatoms. The normalized spacial score (nSPS) is 19.7. The molecular weight excluding hydrogens is 204 g/mol. The van der Waals surface area contributed by atoms with Gasteiger partial charge in [0.25, 0.3) is 0 Å². The van der Waals surface area contributed by atoms with Crippen molar-refractivity contribution in [3.05, 3.63) is 23.3 Å². The van der Waals surface area contributed by atoms with E-state index < -0.39 is 6.10 Å². The van der Waals surface area contributed by atoms with Crippen LogP contribution >= 0.6 is 0 Å². The largest absolute Gasteiger partial charge is 0.389 e. The van der Waals surface area contributed by atoms with Crippen molar-refractivity contribution in [2.45, 2.75) is 38.7 Å². The summed E-state index contributed by atoms with van der Waals surface area (Å²) in [5, 5.41) is 9.51. The minimum absolute atomic E-state index is 0.412. The quantitative estimate of drug-likeness (QED) is 0.828. The molecular formula is C12H18N2O2. The SMILES string of the molecule is Cc1nc(C2CCOCC2)ncc1C(C)O. The van der Waals surface area contributed by atoms with Crippen LogP contribution in [0.2, 0.25) is 0 Å². The molecule has 88 valence electrons. The maximum Gasteiger partial charge on any atom is 0.131 e. The fourth-order valence-electron chi connectivity index (χ4n) is 2.06. The lowest BCUT2D eigenvalue weighted by atomic mass is 9.99. The molecule has 1 aliphatic rings. The highest BCUT2D eigenvalue weighted by molar-refractivity contribution is 5.19. The van der Waals surface area contributed by atoms with Gasteiger partial charge in [-0.25, -0.2) is 9.97 Å². The minimum atomic E-state index is -0.497. The first-order chi connectivity index (χ1) is 7.68. The first-order valence-electron chi connectivity index (χ1n) is 5.77. The predicted molar refractivity (Wildman–Crippen MR) is 60.2 cm³/mol. The third-order valence-corrected chi connectivity index (χ3v) is 3.07. The van der Waals surface area contributed by atoms with E-state index in [2.05, 4.69) is 9.97 Å². The summed E-state index contributed by atoms with van der Waals surface area (Å²) in [6.45, 7) is 5.25. The van der Waals surface area contributed by atoms with Crippen LogP contribution in [0.3, 0.4) is 0 Å². The van der Waals surface area contributed by atoms with Gasteiger partial charge in [-0.2, -0.15) is 0 Å². The summed E-state index contributed by atoms with van der Waals surface area (Å²) in [6.07, 6.45) is 3.24. The van der Waals surface area contributed by atoms with E-state index in [9.17, 15) is 5.11 Å². The Morgan fingerprint density at radius 3 is 2.69 bits per heavy atom. The Labute approximate surface area is 95.7 Å². The zero-order chi connectivity index (χ0) is 11.5. The zero-order valence-corrected chi connectivity index (χ0v) is 9.81. The summed E-state index contributed by atoms with van der Waals surface area (Å²) in [5.74, 6) is 1.31. The molecule has 1 aliphatic heterocycles. The predicted octanol–water partition coefficient (Wildman–Crippen LogP) is 1.73. The lowest BCUT2D eigenvalue weighted by Gasteiger charge is -2.21. The van der Waals surface area contributed by atoms with E-state index in [1.807, 2.05) is 6.92 Å². The fourth-order valence-corrected chi connectivity index (χ4v) is 2.06. The Morgan fingerprint density at radius 1 is 1.44 bits per heavy atom. The average molecular weight is 222 g/mol. The van der Waals surface area contributed by atoms with Crippen LogP contribution in [-0.2, 0) is 4.74 Å². The molecule has 0 saturated carbocycles. The Hall–Kier alpha value is -1.00. The van der Waals surface area contributed by atoms with E-state index in [-0.39, 0.29) is 0 Å². The molecule has 0 aromatic carbocycles. The van der Waals surface area contributed by atoms with Crippen LogP contribution in [0.1, 0.15) is 48.9 Å². The van der Waals surface area contributed by atoms with Gasteiger partial charge in [0.1, 0.15) is 5.82 Å². The third kappa shape index (κ3) is 2.39. The van der Waals surface area contributed by atoms with Gasteiger partial charge in [0.2, 0.25) is 0 Å². The molecule has 1 saturated heterocycles. The van der Waals surface area contributed by atoms with Gasteiger partial charge in [0, 0.05) is 36.6 Å². The number of aromatic nitrogens is 2. The lowest BCUT2D eigenvalue weighted by molar-refractivity contribution is 0.0834. The molecule has 0 amide bonds. The van der Waals surface area contributed by atoms with Crippen LogP contribution in [0, 0.1) is 6.92 Å². The van der Waals surface area contributed by atoms with Gasteiger partial charge >= 0.3 is 0 Å². The van der Waals surface area contributed by atoms with Crippen LogP contribution in [0.15, 0.2) is 6.20 Å². The van der Waals surface area contributed by atoms with Gasteiger partial charge in [-0.1, -0.05) is 0 Å². The third-order valence-electron chi connectivity index (χ3n) is 3.07. The van der Waals surface area contributed by atoms with Gasteiger partial charge in [-0.05, 0) is 26.7 Å². The second kappa shape index (κ2) is 4.89. The molecule has 4 nitrogen and oxygen atoms in total. The van der Waals surface area contributed by atoms with Gasteiger partial charge in [-0.3, -0.25) is 0 Å². The highest BCUT2D eigenvalue weighted by Crippen LogP contribution is 2.25. The van der Waals surface area contributed by atoms with E-state index >= 15 is 0 Å². The van der Waals surface area contributed by atoms with Crippen LogP contribution in [0.5, 0.6) is 0 Å². The lowest BCUT2D eigenvalue weighted by Crippen LogP contribution is -2.17. The van der Waals surface area contributed by atoms with Crippen LogP contribution in [0.25, 0.3) is 0 Å². The van der Waals surface area contributed by atoms with Gasteiger partial charge < -0.3 is 9.84 Å². The summed E-state index contributed by atoms with van der Waals surface area (Å²) in [7, 11) is 0. The van der Waals surface area contributed by atoms with Crippen molar-refractivity contribution in [2.24, 2.45) is 0 Å². The van der Waals surface area contributed by atoms with E-state index in [0.717, 1.165) is 43.1 Å². The molecule has 0 bridgehead atoms. The smallest absolute Gasteiger partial charge is 0.131 e. The second-order valence-electron chi connectivity index (χ2n) is 4.33. The summed E-state index contributed by atoms with van der Waals surface area (Å²) in [4.78, 5) is 8.85. The van der Waals surface area contributed by atoms with Crippen molar-refractivity contribution in [3.63, 3.8) is 0 Å². The Kier molecular flexibility index (Phi) is 3.51. The molecule has 2 rings (SSSR count). The molecule has 0 spiro atoms. The monoisotopic (exact) mass is 222 g/mol. The number of nitrogens with zero attached hydrogens (tertiary/aromatic N) is 2. The van der Waals surface area contributed by atoms with E-state index in [0.29, 0.717) is 5.92 Å². The average Bonchev–Trinajstić information content (AvgIpc) is 2.29. The number of aliphatic hydroxyl groups is 1. The number of aryl methyl sites for hydroxylation is 1. The number of hydrogen-bond acceptors (Lipinski definition) is 4. The molecule has 1 unspecified atom stereocenters. The zero-order valence-electron chi connectivity index (χ0n) is 9.81. The summed E-state index contributed by atoms with van der Waals surface area (Å²) in [5.41, 5.74) is 1.70. The van der Waals surface area contributed by atoms with Gasteiger partial charge in [-0.15, -0.1) is 0 Å². The van der Waals surface area contributed by atoms with Crippen molar-refractivity contribution in [1.29, 1.82) is 0 Å². The van der Waals surface area contributed by atoms with Gasteiger partial charge in [0.15, 0.2) is 0 Å². The number of ether oxygens (including phenoxy) is 1. The maximum absolute atomic E-state index is 9.51. The minimum Gasteiger partial charge on any atom is -0.389 e. The summed E-state index contributed by atoms with van der Waals surface area (Å²) >= 11 is 0. The molecule has 1 N–H and O–H groups in total. The highest BCUT2D eigenvalue weighted by atomic mass is 16.5. The Bertz CT molecular complexity index is 360. The summed E-state index contributed by atoms with van der Waals surface area (Å²) in [6, 6.07) is 0.